The van der Waals surface area contributed by atoms with E-state index >= 15 is 0 Å². The summed E-state index contributed by atoms with van der Waals surface area (Å²) in [6.07, 6.45) is 3.75. The lowest BCUT2D eigenvalue weighted by Crippen LogP contribution is -2.41. The lowest BCUT2D eigenvalue weighted by atomic mass is 10.1. The second kappa shape index (κ2) is 10.0. The zero-order valence-electron chi connectivity index (χ0n) is 17.1. The molecule has 0 aromatic carbocycles. The zero-order chi connectivity index (χ0) is 20.6. The van der Waals surface area contributed by atoms with Crippen molar-refractivity contribution in [3.8, 4) is 0 Å². The van der Waals surface area contributed by atoms with Gasteiger partial charge in [0.1, 0.15) is 17.5 Å². The molecular weight excluding hydrogens is 350 g/mol. The lowest BCUT2D eigenvalue weighted by Gasteiger charge is -2.27. The first-order valence-electron chi connectivity index (χ1n) is 9.39. The lowest BCUT2D eigenvalue weighted by molar-refractivity contribution is -0.489. The van der Waals surface area contributed by atoms with Gasteiger partial charge in [0.05, 0.1) is 6.21 Å². The predicted molar refractivity (Wildman–Crippen MR) is 105 cm³/mol. The quantitative estimate of drug-likeness (QED) is 0.373. The summed E-state index contributed by atoms with van der Waals surface area (Å²) in [5.41, 5.74) is -0.577. The van der Waals surface area contributed by atoms with Crippen LogP contribution in [0.25, 0.3) is 0 Å². The summed E-state index contributed by atoms with van der Waals surface area (Å²) in [6.45, 7) is 12.7. The van der Waals surface area contributed by atoms with Crippen LogP contribution < -0.4 is 5.32 Å². The number of esters is 1. The summed E-state index contributed by atoms with van der Waals surface area (Å²) in [7, 11) is 0. The number of hydrogen-bond acceptors (Lipinski definition) is 8. The van der Waals surface area contributed by atoms with Gasteiger partial charge in [0.25, 0.3) is 6.04 Å². The SMILES string of the molecule is CCC(NC1=CC([N+](=O)[O-])C=NC(N(CC)CC)=N1)C(=O)OC(C)(C)CC. The van der Waals surface area contributed by atoms with Crippen molar-refractivity contribution in [2.45, 2.75) is 72.1 Å². The van der Waals surface area contributed by atoms with E-state index in [2.05, 4.69) is 15.3 Å². The molecule has 1 aliphatic rings. The average molecular weight is 381 g/mol. The molecule has 0 spiro atoms. The number of rotatable bonds is 9. The van der Waals surface area contributed by atoms with Crippen LogP contribution in [0.5, 0.6) is 0 Å². The first-order valence-corrected chi connectivity index (χ1v) is 9.39. The van der Waals surface area contributed by atoms with Gasteiger partial charge in [-0.2, -0.15) is 4.99 Å². The smallest absolute Gasteiger partial charge is 0.329 e. The van der Waals surface area contributed by atoms with Crippen molar-refractivity contribution < 1.29 is 14.5 Å². The Morgan fingerprint density at radius 1 is 1.37 bits per heavy atom. The number of carbonyl (C=O) groups is 1. The Bertz CT molecular complexity index is 623. The van der Waals surface area contributed by atoms with Gasteiger partial charge in [-0.25, -0.2) is 9.79 Å². The molecule has 27 heavy (non-hydrogen) atoms. The monoisotopic (exact) mass is 381 g/mol. The predicted octanol–water partition coefficient (Wildman–Crippen LogP) is 2.36. The standard InChI is InChI=1S/C18H31N5O4/c1-7-14(16(24)27-18(5,6)8-2)20-15-11-13(23(25)26)12-19-17(21-15)22(9-3)10-4/h11-14,20H,7-10H2,1-6H3. The number of nitrogens with zero attached hydrogens (tertiary/aromatic N) is 4. The van der Waals surface area contributed by atoms with Crippen molar-refractivity contribution in [1.82, 2.24) is 10.2 Å². The number of nitro groups is 1. The molecule has 1 rings (SSSR count). The largest absolute Gasteiger partial charge is 0.458 e. The molecule has 1 aliphatic heterocycles. The Morgan fingerprint density at radius 2 is 2.00 bits per heavy atom. The van der Waals surface area contributed by atoms with E-state index in [0.29, 0.717) is 31.9 Å². The van der Waals surface area contributed by atoms with Crippen LogP contribution in [0, 0.1) is 10.1 Å². The Kier molecular flexibility index (Phi) is 8.39. The van der Waals surface area contributed by atoms with E-state index in [4.69, 9.17) is 4.74 Å². The number of hydrogen-bond donors (Lipinski definition) is 1. The highest BCUT2D eigenvalue weighted by molar-refractivity contribution is 5.91. The second-order valence-electron chi connectivity index (χ2n) is 6.83. The molecule has 2 atom stereocenters. The molecule has 0 bridgehead atoms. The Balaban J connectivity index is 3.11. The minimum Gasteiger partial charge on any atom is -0.458 e. The van der Waals surface area contributed by atoms with Crippen molar-refractivity contribution in [3.63, 3.8) is 0 Å². The minimum atomic E-state index is -1.12. The van der Waals surface area contributed by atoms with Crippen LogP contribution in [0.2, 0.25) is 0 Å². The summed E-state index contributed by atoms with van der Waals surface area (Å²) < 4.78 is 5.55. The normalized spacial score (nSPS) is 18.1. The highest BCUT2D eigenvalue weighted by Crippen LogP contribution is 2.16. The fraction of sp³-hybridized carbons (Fsp3) is 0.722. The molecule has 0 saturated carbocycles. The number of nitrogens with one attached hydrogen (secondary N) is 1. The maximum absolute atomic E-state index is 12.5. The van der Waals surface area contributed by atoms with Gasteiger partial charge in [0.2, 0.25) is 5.96 Å². The van der Waals surface area contributed by atoms with Gasteiger partial charge in [0.15, 0.2) is 0 Å². The Morgan fingerprint density at radius 3 is 2.48 bits per heavy atom. The summed E-state index contributed by atoms with van der Waals surface area (Å²) in [5.74, 6) is 0.210. The summed E-state index contributed by atoms with van der Waals surface area (Å²) in [5, 5.41) is 14.3. The fourth-order valence-corrected chi connectivity index (χ4v) is 2.30. The number of aliphatic imine (C=N–C) groups is 2. The van der Waals surface area contributed by atoms with Crippen molar-refractivity contribution >= 4 is 18.1 Å². The van der Waals surface area contributed by atoms with E-state index in [1.807, 2.05) is 46.4 Å². The van der Waals surface area contributed by atoms with Crippen LogP contribution in [-0.2, 0) is 9.53 Å². The van der Waals surface area contributed by atoms with Crippen molar-refractivity contribution in [2.75, 3.05) is 13.1 Å². The van der Waals surface area contributed by atoms with Gasteiger partial charge in [-0.3, -0.25) is 10.1 Å². The molecule has 0 radical (unpaired) electrons. The van der Waals surface area contributed by atoms with E-state index in [0.717, 1.165) is 0 Å². The topological polar surface area (TPSA) is 109 Å². The molecule has 9 nitrogen and oxygen atoms in total. The molecule has 152 valence electrons. The van der Waals surface area contributed by atoms with Gasteiger partial charge in [-0.1, -0.05) is 13.8 Å². The van der Waals surface area contributed by atoms with Crippen LogP contribution in [0.4, 0.5) is 0 Å². The Labute approximate surface area is 160 Å². The van der Waals surface area contributed by atoms with E-state index in [1.165, 1.54) is 12.3 Å². The molecule has 0 aliphatic carbocycles. The van der Waals surface area contributed by atoms with Gasteiger partial charge in [-0.05, 0) is 40.5 Å². The van der Waals surface area contributed by atoms with Crippen LogP contribution >= 0.6 is 0 Å². The molecular formula is C18H31N5O4. The number of ether oxygens (including phenoxy) is 1. The van der Waals surface area contributed by atoms with E-state index < -0.39 is 28.6 Å². The molecule has 9 heteroatoms. The third-order valence-corrected chi connectivity index (χ3v) is 4.42. The van der Waals surface area contributed by atoms with Crippen LogP contribution in [-0.4, -0.2) is 58.7 Å². The van der Waals surface area contributed by atoms with Crippen molar-refractivity contribution in [2.24, 2.45) is 9.98 Å². The zero-order valence-corrected chi connectivity index (χ0v) is 17.1. The van der Waals surface area contributed by atoms with E-state index in [-0.39, 0.29) is 5.82 Å². The highest BCUT2D eigenvalue weighted by atomic mass is 16.6. The molecule has 0 aromatic rings. The van der Waals surface area contributed by atoms with Crippen molar-refractivity contribution in [1.29, 1.82) is 0 Å². The second-order valence-corrected chi connectivity index (χ2v) is 6.83. The minimum absolute atomic E-state index is 0.245. The molecule has 0 fully saturated rings. The molecule has 0 saturated heterocycles. The highest BCUT2D eigenvalue weighted by Gasteiger charge is 2.28. The molecule has 1 N–H and O–H groups in total. The third kappa shape index (κ3) is 6.65. The maximum Gasteiger partial charge on any atom is 0.329 e. The summed E-state index contributed by atoms with van der Waals surface area (Å²) in [4.78, 5) is 33.8. The third-order valence-electron chi connectivity index (χ3n) is 4.42. The van der Waals surface area contributed by atoms with Gasteiger partial charge >= 0.3 is 5.97 Å². The van der Waals surface area contributed by atoms with Crippen molar-refractivity contribution in [3.05, 3.63) is 22.0 Å². The number of carbonyl (C=O) groups excluding carboxylic acids is 1. The first-order chi connectivity index (χ1) is 12.7. The molecule has 0 amide bonds. The Hall–Kier alpha value is -2.45. The maximum atomic E-state index is 12.5. The fourth-order valence-electron chi connectivity index (χ4n) is 2.30. The van der Waals surface area contributed by atoms with Gasteiger partial charge in [0, 0.05) is 24.1 Å². The number of guanidine groups is 1. The average Bonchev–Trinajstić information content (AvgIpc) is 2.83. The van der Waals surface area contributed by atoms with Gasteiger partial charge in [-0.15, -0.1) is 0 Å². The van der Waals surface area contributed by atoms with Crippen LogP contribution in [0.3, 0.4) is 0 Å². The van der Waals surface area contributed by atoms with E-state index in [1.54, 1.807) is 0 Å². The molecule has 2 unspecified atom stereocenters. The summed E-state index contributed by atoms with van der Waals surface area (Å²) >= 11 is 0. The van der Waals surface area contributed by atoms with Crippen LogP contribution in [0.15, 0.2) is 21.9 Å². The first kappa shape index (κ1) is 22.6. The molecule has 0 aromatic heterocycles. The van der Waals surface area contributed by atoms with E-state index in [9.17, 15) is 14.9 Å². The molecule has 1 heterocycles. The van der Waals surface area contributed by atoms with Gasteiger partial charge < -0.3 is 15.0 Å². The van der Waals surface area contributed by atoms with Crippen LogP contribution in [0.1, 0.15) is 54.4 Å². The summed E-state index contributed by atoms with van der Waals surface area (Å²) in [6, 6.07) is -1.78.